The van der Waals surface area contributed by atoms with Crippen LogP contribution in [0, 0.1) is 0 Å². The Labute approximate surface area is 119 Å². The molecule has 0 unspecified atom stereocenters. The Hall–Kier alpha value is -0.160. The number of rotatable bonds is 0. The molecule has 1 aliphatic heterocycles. The molecular weight excluding hydrogens is 240 g/mol. The van der Waals surface area contributed by atoms with E-state index in [1.54, 1.807) is 0 Å². The summed E-state index contributed by atoms with van der Waals surface area (Å²) in [7, 11) is 4.37. The molecule has 0 N–H and O–H groups in total. The second kappa shape index (κ2) is 11.6. The minimum absolute atomic E-state index is 0.720. The summed E-state index contributed by atoms with van der Waals surface area (Å²) in [4.78, 5) is 4.74. The summed E-state index contributed by atoms with van der Waals surface area (Å²) in [6.07, 6.45) is 6.72. The molecule has 0 aliphatic carbocycles. The molecule has 1 fully saturated rings. The lowest BCUT2D eigenvalue weighted by molar-refractivity contribution is 0.0351. The van der Waals surface area contributed by atoms with Crippen molar-refractivity contribution in [1.29, 1.82) is 0 Å². The van der Waals surface area contributed by atoms with Crippen molar-refractivity contribution in [2.24, 2.45) is 0 Å². The smallest absolute Gasteiger partial charge is 0.0701 e. The number of ether oxygens (including phenoxy) is 2. The highest BCUT2D eigenvalue weighted by Gasteiger charge is 2.01. The predicted octanol–water partition coefficient (Wildman–Crippen LogP) is 1.85. The van der Waals surface area contributed by atoms with Crippen LogP contribution < -0.4 is 0 Å². The van der Waals surface area contributed by atoms with Crippen LogP contribution in [0.1, 0.15) is 32.1 Å². The maximum absolute atomic E-state index is 5.58. The number of nitrogens with zero attached hydrogens (tertiary/aromatic N) is 2. The highest BCUT2D eigenvalue weighted by molar-refractivity contribution is 4.55. The monoisotopic (exact) mass is 272 g/mol. The Bertz CT molecular complexity index is 183. The molecule has 0 atom stereocenters. The minimum Gasteiger partial charge on any atom is -0.378 e. The zero-order chi connectivity index (χ0) is 13.8. The molecule has 0 amide bonds. The van der Waals surface area contributed by atoms with E-state index in [1.807, 2.05) is 0 Å². The largest absolute Gasteiger partial charge is 0.378 e. The second-order valence-corrected chi connectivity index (χ2v) is 5.60. The third kappa shape index (κ3) is 10.3. The highest BCUT2D eigenvalue weighted by atomic mass is 16.5. The molecule has 19 heavy (non-hydrogen) atoms. The molecule has 4 heteroatoms. The molecule has 1 heterocycles. The van der Waals surface area contributed by atoms with Crippen LogP contribution in [0.5, 0.6) is 0 Å². The third-order valence-electron chi connectivity index (χ3n) is 3.69. The molecule has 0 aromatic rings. The van der Waals surface area contributed by atoms with E-state index in [-0.39, 0.29) is 0 Å². The van der Waals surface area contributed by atoms with Gasteiger partial charge >= 0.3 is 0 Å². The maximum atomic E-state index is 5.58. The van der Waals surface area contributed by atoms with Gasteiger partial charge in [0.1, 0.15) is 0 Å². The third-order valence-corrected chi connectivity index (χ3v) is 3.69. The van der Waals surface area contributed by atoms with Gasteiger partial charge in [-0.2, -0.15) is 0 Å². The van der Waals surface area contributed by atoms with Gasteiger partial charge in [-0.05, 0) is 40.0 Å². The van der Waals surface area contributed by atoms with E-state index in [0.717, 1.165) is 39.5 Å². The average Bonchev–Trinajstić information content (AvgIpc) is 2.40. The van der Waals surface area contributed by atoms with Crippen LogP contribution >= 0.6 is 0 Å². The fourth-order valence-corrected chi connectivity index (χ4v) is 2.28. The Morgan fingerprint density at radius 1 is 0.526 bits per heavy atom. The van der Waals surface area contributed by atoms with Crippen molar-refractivity contribution in [2.45, 2.75) is 32.1 Å². The van der Waals surface area contributed by atoms with Gasteiger partial charge in [0.05, 0.1) is 26.4 Å². The number of hydrogen-bond acceptors (Lipinski definition) is 4. The Kier molecular flexibility index (Phi) is 10.4. The molecule has 0 aromatic carbocycles. The fraction of sp³-hybridized carbons (Fsp3) is 1.00. The Balaban J connectivity index is 2.17. The van der Waals surface area contributed by atoms with Crippen LogP contribution in [-0.2, 0) is 9.47 Å². The summed E-state index contributed by atoms with van der Waals surface area (Å²) in [5, 5.41) is 0. The molecule has 0 aromatic heterocycles. The summed E-state index contributed by atoms with van der Waals surface area (Å²) in [6, 6.07) is 0. The summed E-state index contributed by atoms with van der Waals surface area (Å²) >= 11 is 0. The lowest BCUT2D eigenvalue weighted by atomic mass is 10.1. The predicted molar refractivity (Wildman–Crippen MR) is 79.7 cm³/mol. The summed E-state index contributed by atoms with van der Waals surface area (Å²) < 4.78 is 11.2. The fourth-order valence-electron chi connectivity index (χ4n) is 2.28. The molecule has 0 spiro atoms. The Morgan fingerprint density at radius 3 is 1.42 bits per heavy atom. The average molecular weight is 272 g/mol. The topological polar surface area (TPSA) is 24.9 Å². The molecule has 1 saturated heterocycles. The molecule has 4 nitrogen and oxygen atoms in total. The van der Waals surface area contributed by atoms with E-state index < -0.39 is 0 Å². The van der Waals surface area contributed by atoms with E-state index in [1.165, 1.54) is 45.2 Å². The standard InChI is InChI=1S/C15H32N2O2/c1-16-8-6-4-3-5-7-9-17(2)11-13-19-15-14-18-12-10-16/h3-15H2,1-2H3. The number of hydrogen-bond donors (Lipinski definition) is 0. The quantitative estimate of drug-likeness (QED) is 0.672. The molecule has 1 aliphatic rings. The van der Waals surface area contributed by atoms with Crippen molar-refractivity contribution >= 4 is 0 Å². The van der Waals surface area contributed by atoms with E-state index in [2.05, 4.69) is 23.9 Å². The molecule has 1 rings (SSSR count). The van der Waals surface area contributed by atoms with Gasteiger partial charge in [0.15, 0.2) is 0 Å². The maximum Gasteiger partial charge on any atom is 0.0701 e. The molecule has 0 saturated carbocycles. The van der Waals surface area contributed by atoms with E-state index in [9.17, 15) is 0 Å². The van der Waals surface area contributed by atoms with Crippen molar-refractivity contribution in [3.63, 3.8) is 0 Å². The van der Waals surface area contributed by atoms with Crippen molar-refractivity contribution < 1.29 is 9.47 Å². The van der Waals surface area contributed by atoms with Gasteiger partial charge < -0.3 is 19.3 Å². The Morgan fingerprint density at radius 2 is 0.947 bits per heavy atom. The first-order chi connectivity index (χ1) is 9.29. The van der Waals surface area contributed by atoms with Gasteiger partial charge in [0.25, 0.3) is 0 Å². The van der Waals surface area contributed by atoms with E-state index >= 15 is 0 Å². The second-order valence-electron chi connectivity index (χ2n) is 5.60. The van der Waals surface area contributed by atoms with Gasteiger partial charge in [-0.25, -0.2) is 0 Å². The zero-order valence-electron chi connectivity index (χ0n) is 12.9. The van der Waals surface area contributed by atoms with E-state index in [0.29, 0.717) is 0 Å². The van der Waals surface area contributed by atoms with Gasteiger partial charge in [0.2, 0.25) is 0 Å². The van der Waals surface area contributed by atoms with Crippen molar-refractivity contribution in [1.82, 2.24) is 9.80 Å². The number of likely N-dealkylation sites (N-methyl/N-ethyl adjacent to an activating group) is 2. The molecule has 0 radical (unpaired) electrons. The first-order valence-electron chi connectivity index (χ1n) is 7.81. The molecule has 0 bridgehead atoms. The van der Waals surface area contributed by atoms with Crippen LogP contribution in [-0.4, -0.2) is 76.5 Å². The van der Waals surface area contributed by atoms with Gasteiger partial charge in [-0.15, -0.1) is 0 Å². The van der Waals surface area contributed by atoms with Gasteiger partial charge in [0, 0.05) is 13.1 Å². The van der Waals surface area contributed by atoms with Gasteiger partial charge in [-0.3, -0.25) is 0 Å². The highest BCUT2D eigenvalue weighted by Crippen LogP contribution is 2.05. The minimum atomic E-state index is 0.720. The van der Waals surface area contributed by atoms with Crippen LogP contribution in [0.3, 0.4) is 0 Å². The molecule has 114 valence electrons. The van der Waals surface area contributed by atoms with Crippen molar-refractivity contribution in [3.8, 4) is 0 Å². The SMILES string of the molecule is CN1CCCCCCCN(C)CCOCCOCC1. The first-order valence-corrected chi connectivity index (χ1v) is 7.81. The normalized spacial score (nSPS) is 24.9. The van der Waals surface area contributed by atoms with Crippen LogP contribution in [0.15, 0.2) is 0 Å². The lowest BCUT2D eigenvalue weighted by Crippen LogP contribution is -2.25. The first kappa shape index (κ1) is 16.9. The van der Waals surface area contributed by atoms with Gasteiger partial charge in [-0.1, -0.05) is 19.3 Å². The van der Waals surface area contributed by atoms with Crippen LogP contribution in [0.4, 0.5) is 0 Å². The summed E-state index contributed by atoms with van der Waals surface area (Å²) in [6.45, 7) is 7.53. The lowest BCUT2D eigenvalue weighted by Gasteiger charge is -2.16. The van der Waals surface area contributed by atoms with Crippen LogP contribution in [0.25, 0.3) is 0 Å². The summed E-state index contributed by atoms with van der Waals surface area (Å²) in [5.74, 6) is 0. The zero-order valence-corrected chi connectivity index (χ0v) is 12.9. The molecular formula is C15H32N2O2. The summed E-state index contributed by atoms with van der Waals surface area (Å²) in [5.41, 5.74) is 0. The van der Waals surface area contributed by atoms with Crippen molar-refractivity contribution in [3.05, 3.63) is 0 Å². The van der Waals surface area contributed by atoms with Crippen LogP contribution in [0.2, 0.25) is 0 Å². The van der Waals surface area contributed by atoms with Crippen molar-refractivity contribution in [2.75, 3.05) is 66.7 Å². The van der Waals surface area contributed by atoms with E-state index in [4.69, 9.17) is 9.47 Å².